The third-order valence-corrected chi connectivity index (χ3v) is 11.8. The molecule has 0 saturated carbocycles. The number of hydrogen-bond acceptors (Lipinski definition) is 1. The normalized spacial score (nSPS) is 14.2. The fourth-order valence-electron chi connectivity index (χ4n) is 9.28. The molecular weight excluding hydrogens is 639 g/mol. The highest BCUT2D eigenvalue weighted by atomic mass is 15.1. The number of rotatable bonds is 6. The molecule has 53 heavy (non-hydrogen) atoms. The summed E-state index contributed by atoms with van der Waals surface area (Å²) in [5.74, 6) is 0. The summed E-state index contributed by atoms with van der Waals surface area (Å²) in [6.45, 7) is 4.70. The Labute approximate surface area is 312 Å². The molecule has 0 bridgehead atoms. The van der Waals surface area contributed by atoms with Gasteiger partial charge >= 0.3 is 0 Å². The van der Waals surface area contributed by atoms with E-state index in [1.54, 1.807) is 0 Å². The van der Waals surface area contributed by atoms with E-state index in [1.807, 2.05) is 0 Å². The van der Waals surface area contributed by atoms with Crippen molar-refractivity contribution in [2.45, 2.75) is 24.7 Å². The van der Waals surface area contributed by atoms with E-state index >= 15 is 0 Å². The van der Waals surface area contributed by atoms with E-state index in [1.165, 1.54) is 66.8 Å². The van der Waals surface area contributed by atoms with Crippen LogP contribution in [0.25, 0.3) is 33.4 Å². The Kier molecular flexibility index (Phi) is 7.13. The van der Waals surface area contributed by atoms with Crippen LogP contribution < -0.4 is 4.90 Å². The summed E-state index contributed by atoms with van der Waals surface area (Å²) in [4.78, 5) is 2.38. The second-order valence-electron chi connectivity index (χ2n) is 14.9. The number of hydrogen-bond donors (Lipinski definition) is 0. The molecular formula is C52H39N. The minimum absolute atomic E-state index is 0.0674. The third-order valence-electron chi connectivity index (χ3n) is 11.8. The van der Waals surface area contributed by atoms with Crippen LogP contribution in [-0.4, -0.2) is 0 Å². The van der Waals surface area contributed by atoms with Gasteiger partial charge in [0.05, 0.1) is 5.41 Å². The number of benzene rings is 8. The van der Waals surface area contributed by atoms with Gasteiger partial charge in [0.25, 0.3) is 0 Å². The molecule has 0 N–H and O–H groups in total. The number of anilines is 3. The highest BCUT2D eigenvalue weighted by Gasteiger charge is 2.45. The summed E-state index contributed by atoms with van der Waals surface area (Å²) in [6.07, 6.45) is 0. The van der Waals surface area contributed by atoms with Gasteiger partial charge in [0, 0.05) is 22.5 Å². The maximum atomic E-state index is 2.40. The van der Waals surface area contributed by atoms with Crippen molar-refractivity contribution in [3.05, 3.63) is 234 Å². The van der Waals surface area contributed by atoms with Crippen LogP contribution in [0, 0.1) is 0 Å². The second kappa shape index (κ2) is 12.1. The SMILES string of the molecule is CC1(C)c2ccccc2-c2ccc(N(c3ccccc3)c3ccc(-c4ccc(C5(c6ccccc6)c6ccccc6-c6ccccc65)cc4)cc3)cc21. The standard InChI is InChI=1S/C52H39N/c1-51(2)47-22-12-9-19-43(47)46-34-33-42(35-50(46)51)53(40-17-7-4-8-18-40)41-31-27-37(28-32-41)36-25-29-39(30-26-36)52(38-15-5-3-6-16-38)48-23-13-10-20-44(48)45-21-11-14-24-49(45)52/h3-35H,1-2H3. The molecule has 0 heterocycles. The van der Waals surface area contributed by atoms with Crippen molar-refractivity contribution < 1.29 is 0 Å². The van der Waals surface area contributed by atoms with Crippen molar-refractivity contribution in [3.63, 3.8) is 0 Å². The van der Waals surface area contributed by atoms with E-state index in [-0.39, 0.29) is 5.41 Å². The smallest absolute Gasteiger partial charge is 0.0713 e. The van der Waals surface area contributed by atoms with Crippen molar-refractivity contribution in [2.75, 3.05) is 4.90 Å². The van der Waals surface area contributed by atoms with Crippen LogP contribution in [0.15, 0.2) is 200 Å². The molecule has 10 rings (SSSR count). The largest absolute Gasteiger partial charge is 0.310 e. The second-order valence-corrected chi connectivity index (χ2v) is 14.9. The Hall–Kier alpha value is -6.44. The fourth-order valence-corrected chi connectivity index (χ4v) is 9.28. The minimum atomic E-state index is -0.390. The van der Waals surface area contributed by atoms with Crippen LogP contribution in [0.2, 0.25) is 0 Å². The minimum Gasteiger partial charge on any atom is -0.310 e. The lowest BCUT2D eigenvalue weighted by Gasteiger charge is -2.34. The van der Waals surface area contributed by atoms with Gasteiger partial charge in [-0.15, -0.1) is 0 Å². The van der Waals surface area contributed by atoms with Gasteiger partial charge in [-0.25, -0.2) is 0 Å². The fraction of sp³-hybridized carbons (Fsp3) is 0.0769. The topological polar surface area (TPSA) is 3.24 Å². The van der Waals surface area contributed by atoms with E-state index in [4.69, 9.17) is 0 Å². The van der Waals surface area contributed by atoms with Crippen molar-refractivity contribution in [2.24, 2.45) is 0 Å². The first-order valence-electron chi connectivity index (χ1n) is 18.6. The molecule has 0 amide bonds. The number of nitrogens with zero attached hydrogens (tertiary/aromatic N) is 1. The van der Waals surface area contributed by atoms with Crippen LogP contribution in [0.5, 0.6) is 0 Å². The monoisotopic (exact) mass is 677 g/mol. The highest BCUT2D eigenvalue weighted by molar-refractivity contribution is 5.88. The molecule has 1 heteroatoms. The Balaban J connectivity index is 1.04. The molecule has 2 aliphatic rings. The lowest BCUT2D eigenvalue weighted by Crippen LogP contribution is -2.28. The molecule has 0 fully saturated rings. The quantitative estimate of drug-likeness (QED) is 0.169. The summed E-state index contributed by atoms with van der Waals surface area (Å²) in [7, 11) is 0. The first kappa shape index (κ1) is 31.3. The maximum Gasteiger partial charge on any atom is 0.0713 e. The van der Waals surface area contributed by atoms with Gasteiger partial charge < -0.3 is 4.90 Å². The molecule has 0 atom stereocenters. The summed E-state index contributed by atoms with van der Waals surface area (Å²) in [6, 6.07) is 73.8. The average Bonchev–Trinajstić information content (AvgIpc) is 3.65. The van der Waals surface area contributed by atoms with Crippen molar-refractivity contribution >= 4 is 17.1 Å². The lowest BCUT2D eigenvalue weighted by atomic mass is 9.67. The van der Waals surface area contributed by atoms with Gasteiger partial charge in [0.1, 0.15) is 0 Å². The molecule has 0 saturated heterocycles. The van der Waals surface area contributed by atoms with E-state index in [9.17, 15) is 0 Å². The van der Waals surface area contributed by atoms with Crippen LogP contribution >= 0.6 is 0 Å². The number of para-hydroxylation sites is 1. The van der Waals surface area contributed by atoms with Crippen LogP contribution in [-0.2, 0) is 10.8 Å². The highest BCUT2D eigenvalue weighted by Crippen LogP contribution is 2.56. The van der Waals surface area contributed by atoms with Gasteiger partial charge in [-0.3, -0.25) is 0 Å². The van der Waals surface area contributed by atoms with E-state index in [0.717, 1.165) is 17.1 Å². The van der Waals surface area contributed by atoms with E-state index < -0.39 is 5.41 Å². The van der Waals surface area contributed by atoms with Crippen LogP contribution in [0.4, 0.5) is 17.1 Å². The average molecular weight is 678 g/mol. The maximum absolute atomic E-state index is 2.40. The molecule has 0 spiro atoms. The zero-order valence-electron chi connectivity index (χ0n) is 30.0. The van der Waals surface area contributed by atoms with Crippen molar-refractivity contribution in [3.8, 4) is 33.4 Å². The first-order chi connectivity index (χ1) is 26.0. The summed E-state index contributed by atoms with van der Waals surface area (Å²) >= 11 is 0. The summed E-state index contributed by atoms with van der Waals surface area (Å²) < 4.78 is 0. The molecule has 0 radical (unpaired) electrons. The zero-order valence-corrected chi connectivity index (χ0v) is 30.0. The van der Waals surface area contributed by atoms with Gasteiger partial charge in [-0.05, 0) is 103 Å². The van der Waals surface area contributed by atoms with Crippen molar-refractivity contribution in [1.82, 2.24) is 0 Å². The summed E-state index contributed by atoms with van der Waals surface area (Å²) in [5.41, 5.74) is 18.7. The molecule has 1 nitrogen and oxygen atoms in total. The molecule has 8 aromatic carbocycles. The van der Waals surface area contributed by atoms with Gasteiger partial charge in [-0.1, -0.05) is 178 Å². The molecule has 252 valence electrons. The van der Waals surface area contributed by atoms with E-state index in [2.05, 4.69) is 219 Å². The molecule has 2 aliphatic carbocycles. The Morgan fingerprint density at radius 2 is 0.736 bits per heavy atom. The molecule has 0 aliphatic heterocycles. The lowest BCUT2D eigenvalue weighted by molar-refractivity contribution is 0.660. The van der Waals surface area contributed by atoms with Crippen molar-refractivity contribution in [1.29, 1.82) is 0 Å². The van der Waals surface area contributed by atoms with Crippen LogP contribution in [0.3, 0.4) is 0 Å². The number of fused-ring (bicyclic) bond motifs is 6. The molecule has 8 aromatic rings. The predicted molar refractivity (Wildman–Crippen MR) is 221 cm³/mol. The summed E-state index contributed by atoms with van der Waals surface area (Å²) in [5, 5.41) is 0. The Morgan fingerprint density at radius 1 is 0.321 bits per heavy atom. The molecule has 0 unspecified atom stereocenters. The van der Waals surface area contributed by atoms with Crippen LogP contribution in [0.1, 0.15) is 47.2 Å². The zero-order chi connectivity index (χ0) is 35.6. The van der Waals surface area contributed by atoms with Gasteiger partial charge in [0.2, 0.25) is 0 Å². The van der Waals surface area contributed by atoms with Gasteiger partial charge in [-0.2, -0.15) is 0 Å². The third kappa shape index (κ3) is 4.70. The first-order valence-corrected chi connectivity index (χ1v) is 18.6. The van der Waals surface area contributed by atoms with Gasteiger partial charge in [0.15, 0.2) is 0 Å². The molecule has 0 aromatic heterocycles. The van der Waals surface area contributed by atoms with E-state index in [0.29, 0.717) is 0 Å². The predicted octanol–water partition coefficient (Wildman–Crippen LogP) is 13.5. The Bertz CT molecular complexity index is 2570. The Morgan fingerprint density at radius 3 is 1.34 bits per heavy atom.